The third-order valence-electron chi connectivity index (χ3n) is 3.02. The van der Waals surface area contributed by atoms with Crippen LogP contribution >= 0.6 is 0 Å². The maximum Gasteiger partial charge on any atom is 0.319 e. The zero-order valence-electron chi connectivity index (χ0n) is 10.4. The average molecular weight is 241 g/mol. The lowest BCUT2D eigenvalue weighted by Gasteiger charge is -2.27. The standard InChI is InChI=1S/C10H19N5O2/c1-4-10(5-2,8(16)17-6-3)7-13-14-9(11)15(7)12/h4-6,12H2,1-3H3,(H2,11,14). The van der Waals surface area contributed by atoms with E-state index < -0.39 is 5.41 Å². The molecule has 0 bridgehead atoms. The van der Waals surface area contributed by atoms with Crippen LogP contribution in [0.1, 0.15) is 39.4 Å². The summed E-state index contributed by atoms with van der Waals surface area (Å²) in [5.41, 5.74) is 4.65. The van der Waals surface area contributed by atoms with Gasteiger partial charge in [0.1, 0.15) is 5.41 Å². The minimum Gasteiger partial charge on any atom is -0.465 e. The van der Waals surface area contributed by atoms with E-state index in [4.69, 9.17) is 16.3 Å². The molecule has 0 saturated carbocycles. The van der Waals surface area contributed by atoms with E-state index in [-0.39, 0.29) is 11.9 Å². The number of ether oxygens (including phenoxy) is 1. The van der Waals surface area contributed by atoms with Gasteiger partial charge in [0.2, 0.25) is 5.95 Å². The topological polar surface area (TPSA) is 109 Å². The van der Waals surface area contributed by atoms with Crippen molar-refractivity contribution >= 4 is 11.9 Å². The monoisotopic (exact) mass is 241 g/mol. The van der Waals surface area contributed by atoms with Crippen molar-refractivity contribution in [2.75, 3.05) is 18.2 Å². The van der Waals surface area contributed by atoms with E-state index in [2.05, 4.69) is 10.2 Å². The smallest absolute Gasteiger partial charge is 0.319 e. The van der Waals surface area contributed by atoms with Crippen LogP contribution in [0.15, 0.2) is 0 Å². The molecule has 0 spiro atoms. The van der Waals surface area contributed by atoms with Crippen LogP contribution in [0.2, 0.25) is 0 Å². The second-order valence-corrected chi connectivity index (χ2v) is 3.76. The van der Waals surface area contributed by atoms with E-state index in [0.29, 0.717) is 25.3 Å². The van der Waals surface area contributed by atoms with Crippen LogP contribution in [0.5, 0.6) is 0 Å². The van der Waals surface area contributed by atoms with Gasteiger partial charge in [0.25, 0.3) is 0 Å². The fourth-order valence-electron chi connectivity index (χ4n) is 1.85. The Bertz CT molecular complexity index is 397. The van der Waals surface area contributed by atoms with E-state index in [1.54, 1.807) is 6.92 Å². The zero-order chi connectivity index (χ0) is 13.1. The maximum absolute atomic E-state index is 12.1. The van der Waals surface area contributed by atoms with Crippen molar-refractivity contribution in [2.24, 2.45) is 0 Å². The molecule has 0 aliphatic heterocycles. The third kappa shape index (κ3) is 2.04. The van der Waals surface area contributed by atoms with Crippen LogP contribution < -0.4 is 11.6 Å². The van der Waals surface area contributed by atoms with Crippen LogP contribution in [0.4, 0.5) is 5.95 Å². The highest BCUT2D eigenvalue weighted by molar-refractivity contribution is 5.82. The molecular formula is C10H19N5O2. The first kappa shape index (κ1) is 13.3. The lowest BCUT2D eigenvalue weighted by Crippen LogP contribution is -2.40. The normalized spacial score (nSPS) is 11.5. The molecule has 0 radical (unpaired) electrons. The summed E-state index contributed by atoms with van der Waals surface area (Å²) in [5, 5.41) is 7.57. The Morgan fingerprint density at radius 1 is 1.35 bits per heavy atom. The number of hydrogen-bond donors (Lipinski definition) is 2. The van der Waals surface area contributed by atoms with Gasteiger partial charge in [0.05, 0.1) is 6.61 Å². The van der Waals surface area contributed by atoms with Crippen molar-refractivity contribution in [3.8, 4) is 0 Å². The van der Waals surface area contributed by atoms with E-state index in [0.717, 1.165) is 4.68 Å². The minimum absolute atomic E-state index is 0.0792. The number of nitrogens with two attached hydrogens (primary N) is 2. The van der Waals surface area contributed by atoms with Crippen molar-refractivity contribution in [3.63, 3.8) is 0 Å². The van der Waals surface area contributed by atoms with Gasteiger partial charge in [-0.25, -0.2) is 4.68 Å². The van der Waals surface area contributed by atoms with Crippen molar-refractivity contribution in [3.05, 3.63) is 5.82 Å². The van der Waals surface area contributed by atoms with Gasteiger partial charge in [-0.05, 0) is 19.8 Å². The van der Waals surface area contributed by atoms with Crippen LogP contribution in [-0.4, -0.2) is 27.4 Å². The molecule has 0 atom stereocenters. The van der Waals surface area contributed by atoms with Gasteiger partial charge < -0.3 is 16.3 Å². The number of esters is 1. The number of carbonyl (C=O) groups is 1. The number of nitrogen functional groups attached to an aromatic ring is 2. The van der Waals surface area contributed by atoms with Crippen molar-refractivity contribution < 1.29 is 9.53 Å². The molecule has 1 heterocycles. The van der Waals surface area contributed by atoms with E-state index in [1.807, 2.05) is 13.8 Å². The summed E-state index contributed by atoms with van der Waals surface area (Å²) in [6.07, 6.45) is 1.05. The summed E-state index contributed by atoms with van der Waals surface area (Å²) in [7, 11) is 0. The molecule has 1 rings (SSSR count). The van der Waals surface area contributed by atoms with Gasteiger partial charge in [-0.15, -0.1) is 10.2 Å². The molecular weight excluding hydrogens is 222 g/mol. The average Bonchev–Trinajstić information content (AvgIpc) is 2.64. The van der Waals surface area contributed by atoms with Crippen LogP contribution in [-0.2, 0) is 14.9 Å². The number of aromatic nitrogens is 3. The number of carbonyl (C=O) groups excluding carboxylic acids is 1. The first-order valence-electron chi connectivity index (χ1n) is 5.67. The Kier molecular flexibility index (Phi) is 3.93. The number of hydrogen-bond acceptors (Lipinski definition) is 6. The highest BCUT2D eigenvalue weighted by atomic mass is 16.5. The summed E-state index contributed by atoms with van der Waals surface area (Å²) >= 11 is 0. The van der Waals surface area contributed by atoms with Crippen molar-refractivity contribution in [2.45, 2.75) is 39.0 Å². The van der Waals surface area contributed by atoms with E-state index >= 15 is 0 Å². The molecule has 7 nitrogen and oxygen atoms in total. The molecule has 17 heavy (non-hydrogen) atoms. The Balaban J connectivity index is 3.24. The molecule has 1 aromatic rings. The fraction of sp³-hybridized carbons (Fsp3) is 0.700. The Morgan fingerprint density at radius 3 is 2.29 bits per heavy atom. The molecule has 0 aliphatic rings. The number of rotatable bonds is 5. The molecule has 7 heteroatoms. The van der Waals surface area contributed by atoms with E-state index in [9.17, 15) is 4.79 Å². The molecule has 0 aromatic carbocycles. The van der Waals surface area contributed by atoms with Crippen molar-refractivity contribution in [1.82, 2.24) is 14.9 Å². The Labute approximate surface area is 100 Å². The van der Waals surface area contributed by atoms with E-state index in [1.165, 1.54) is 0 Å². The molecule has 0 fully saturated rings. The second-order valence-electron chi connectivity index (χ2n) is 3.76. The van der Waals surface area contributed by atoms with Gasteiger partial charge in [-0.2, -0.15) is 0 Å². The zero-order valence-corrected chi connectivity index (χ0v) is 10.4. The molecule has 0 saturated heterocycles. The first-order chi connectivity index (χ1) is 8.03. The lowest BCUT2D eigenvalue weighted by molar-refractivity contribution is -0.151. The highest BCUT2D eigenvalue weighted by Crippen LogP contribution is 2.31. The Morgan fingerprint density at radius 2 is 1.94 bits per heavy atom. The summed E-state index contributed by atoms with van der Waals surface area (Å²) in [4.78, 5) is 12.1. The van der Waals surface area contributed by atoms with Crippen molar-refractivity contribution in [1.29, 1.82) is 0 Å². The summed E-state index contributed by atoms with van der Waals surface area (Å²) in [5.74, 6) is 5.81. The molecule has 0 aliphatic carbocycles. The quantitative estimate of drug-likeness (QED) is 0.562. The molecule has 1 aromatic heterocycles. The predicted octanol–water partition coefficient (Wildman–Crippen LogP) is 0.195. The number of anilines is 1. The summed E-state index contributed by atoms with van der Waals surface area (Å²) in [6.45, 7) is 5.83. The summed E-state index contributed by atoms with van der Waals surface area (Å²) < 4.78 is 6.23. The SMILES string of the molecule is CCOC(=O)C(CC)(CC)c1nnc(N)n1N. The predicted molar refractivity (Wildman–Crippen MR) is 63.5 cm³/mol. The third-order valence-corrected chi connectivity index (χ3v) is 3.02. The van der Waals surface area contributed by atoms with Crippen LogP contribution in [0.3, 0.4) is 0 Å². The van der Waals surface area contributed by atoms with Crippen LogP contribution in [0.25, 0.3) is 0 Å². The molecule has 0 amide bonds. The second kappa shape index (κ2) is 5.03. The fourth-order valence-corrected chi connectivity index (χ4v) is 1.85. The minimum atomic E-state index is -0.880. The highest BCUT2D eigenvalue weighted by Gasteiger charge is 2.43. The first-order valence-corrected chi connectivity index (χ1v) is 5.67. The largest absolute Gasteiger partial charge is 0.465 e. The van der Waals surface area contributed by atoms with Gasteiger partial charge >= 0.3 is 5.97 Å². The van der Waals surface area contributed by atoms with Gasteiger partial charge in [0.15, 0.2) is 5.82 Å². The van der Waals surface area contributed by atoms with Crippen LogP contribution in [0, 0.1) is 0 Å². The van der Waals surface area contributed by atoms with Gasteiger partial charge in [-0.3, -0.25) is 4.79 Å². The number of nitrogens with zero attached hydrogens (tertiary/aromatic N) is 3. The van der Waals surface area contributed by atoms with Gasteiger partial charge in [-0.1, -0.05) is 13.8 Å². The molecule has 4 N–H and O–H groups in total. The Hall–Kier alpha value is -1.79. The van der Waals surface area contributed by atoms with Gasteiger partial charge in [0, 0.05) is 0 Å². The lowest BCUT2D eigenvalue weighted by atomic mass is 9.81. The maximum atomic E-state index is 12.1. The molecule has 96 valence electrons. The molecule has 0 unspecified atom stereocenters. The summed E-state index contributed by atoms with van der Waals surface area (Å²) in [6, 6.07) is 0.